The van der Waals surface area contributed by atoms with Crippen LogP contribution in [0.4, 0.5) is 4.79 Å². The fourth-order valence-corrected chi connectivity index (χ4v) is 6.80. The van der Waals surface area contributed by atoms with Crippen molar-refractivity contribution in [3.63, 3.8) is 0 Å². The zero-order valence-electron chi connectivity index (χ0n) is 22.6. The van der Waals surface area contributed by atoms with E-state index in [0.29, 0.717) is 26.0 Å². The third-order valence-electron chi connectivity index (χ3n) is 6.82. The Morgan fingerprint density at radius 3 is 2.10 bits per heavy atom. The van der Waals surface area contributed by atoms with Gasteiger partial charge in [-0.25, -0.2) is 13.2 Å². The van der Waals surface area contributed by atoms with E-state index in [1.54, 1.807) is 30.3 Å². The van der Waals surface area contributed by atoms with Crippen molar-refractivity contribution in [3.8, 4) is 0 Å². The molecule has 0 fully saturated rings. The van der Waals surface area contributed by atoms with Crippen LogP contribution in [0.25, 0.3) is 0 Å². The molecule has 0 saturated heterocycles. The quantitative estimate of drug-likeness (QED) is 0.276. The predicted molar refractivity (Wildman–Crippen MR) is 162 cm³/mol. The lowest BCUT2D eigenvalue weighted by atomic mass is 10.0. The Morgan fingerprint density at radius 1 is 0.878 bits per heavy atom. The average Bonchev–Trinajstić information content (AvgIpc) is 3.00. The van der Waals surface area contributed by atoms with E-state index in [2.05, 4.69) is 10.6 Å². The molecule has 1 aliphatic heterocycles. The predicted octanol–water partition coefficient (Wildman–Crippen LogP) is 4.00. The number of nitrogens with one attached hydrogen (secondary N) is 2. The first-order valence-corrected chi connectivity index (χ1v) is 15.7. The van der Waals surface area contributed by atoms with Crippen LogP contribution in [0.2, 0.25) is 0 Å². The van der Waals surface area contributed by atoms with Crippen molar-refractivity contribution in [1.29, 1.82) is 0 Å². The molecule has 0 spiro atoms. The number of urea groups is 1. The lowest BCUT2D eigenvalue weighted by molar-refractivity contribution is -0.123. The average molecular weight is 594 g/mol. The molecular weight excluding hydrogens is 558 g/mol. The Balaban J connectivity index is 1.53. The van der Waals surface area contributed by atoms with Crippen LogP contribution >= 0.6 is 12.6 Å². The highest BCUT2D eigenvalue weighted by Crippen LogP contribution is 2.19. The highest BCUT2D eigenvalue weighted by molar-refractivity contribution is 7.92. The monoisotopic (exact) mass is 593 g/mol. The van der Waals surface area contributed by atoms with Gasteiger partial charge in [-0.1, -0.05) is 78.9 Å². The van der Waals surface area contributed by atoms with Gasteiger partial charge >= 0.3 is 6.03 Å². The first-order valence-electron chi connectivity index (χ1n) is 13.5. The van der Waals surface area contributed by atoms with Gasteiger partial charge in [0.05, 0.1) is 23.5 Å². The second kappa shape index (κ2) is 14.7. The Hall–Kier alpha value is -3.76. The minimum atomic E-state index is -3.65. The number of nitrogens with zero attached hydrogens (tertiary/aromatic N) is 1. The van der Waals surface area contributed by atoms with E-state index in [4.69, 9.17) is 17.4 Å². The second-order valence-electron chi connectivity index (χ2n) is 9.84. The van der Waals surface area contributed by atoms with E-state index in [-0.39, 0.29) is 17.1 Å². The molecule has 2 N–H and O–H groups in total. The first kappa shape index (κ1) is 30.2. The van der Waals surface area contributed by atoms with Crippen LogP contribution < -0.4 is 10.6 Å². The number of carbonyl (C=O) groups excluding carboxylic acids is 2. The van der Waals surface area contributed by atoms with Crippen molar-refractivity contribution in [2.45, 2.75) is 41.5 Å². The number of ether oxygens (including phenoxy) is 1. The SMILES string of the molecule is O=C(N[C@@H](CCc1ccccc1)[C@H](S)CS(=O)(=O)c1ccccc1)[C@H](Cc1ccccc1)NC(=O)N1C=COCC1. The molecule has 0 unspecified atom stereocenters. The van der Waals surface area contributed by atoms with Crippen LogP contribution in [0.3, 0.4) is 0 Å². The Bertz CT molecular complexity index is 1400. The second-order valence-corrected chi connectivity index (χ2v) is 12.5. The number of amides is 3. The molecule has 216 valence electrons. The molecule has 8 nitrogen and oxygen atoms in total. The van der Waals surface area contributed by atoms with Crippen LogP contribution in [0, 0.1) is 0 Å². The molecule has 3 amide bonds. The van der Waals surface area contributed by atoms with Crippen LogP contribution in [0.15, 0.2) is 108 Å². The summed E-state index contributed by atoms with van der Waals surface area (Å²) in [5, 5.41) is 5.19. The third kappa shape index (κ3) is 9.12. The summed E-state index contributed by atoms with van der Waals surface area (Å²) in [7, 11) is -3.65. The summed E-state index contributed by atoms with van der Waals surface area (Å²) in [4.78, 5) is 28.4. The molecule has 0 aromatic heterocycles. The highest BCUT2D eigenvalue weighted by Gasteiger charge is 2.30. The molecule has 0 bridgehead atoms. The van der Waals surface area contributed by atoms with Crippen LogP contribution in [0.5, 0.6) is 0 Å². The number of sulfone groups is 1. The van der Waals surface area contributed by atoms with Gasteiger partial charge in [0.15, 0.2) is 9.84 Å². The molecule has 0 radical (unpaired) electrons. The number of hydrogen-bond donors (Lipinski definition) is 3. The molecule has 0 aliphatic carbocycles. The van der Waals surface area contributed by atoms with E-state index in [9.17, 15) is 18.0 Å². The lowest BCUT2D eigenvalue weighted by Gasteiger charge is -2.29. The van der Waals surface area contributed by atoms with Crippen molar-refractivity contribution in [3.05, 3.63) is 115 Å². The van der Waals surface area contributed by atoms with Gasteiger partial charge in [-0.05, 0) is 36.1 Å². The first-order chi connectivity index (χ1) is 19.8. The Kier molecular flexibility index (Phi) is 10.9. The molecule has 10 heteroatoms. The van der Waals surface area contributed by atoms with Crippen molar-refractivity contribution in [2.24, 2.45) is 0 Å². The summed E-state index contributed by atoms with van der Waals surface area (Å²) < 4.78 is 31.5. The minimum Gasteiger partial charge on any atom is -0.498 e. The molecular formula is C31H35N3O5S2. The van der Waals surface area contributed by atoms with Gasteiger partial charge in [-0.2, -0.15) is 12.6 Å². The van der Waals surface area contributed by atoms with Crippen LogP contribution in [0.1, 0.15) is 17.5 Å². The molecule has 3 atom stereocenters. The maximum Gasteiger partial charge on any atom is 0.322 e. The van der Waals surface area contributed by atoms with Gasteiger partial charge in [0.2, 0.25) is 5.91 Å². The summed E-state index contributed by atoms with van der Waals surface area (Å²) in [5.41, 5.74) is 1.94. The fourth-order valence-electron chi connectivity index (χ4n) is 4.55. The van der Waals surface area contributed by atoms with Crippen LogP contribution in [-0.2, 0) is 32.2 Å². The zero-order chi connectivity index (χ0) is 29.1. The highest BCUT2D eigenvalue weighted by atomic mass is 32.2. The van der Waals surface area contributed by atoms with E-state index in [1.165, 1.54) is 17.4 Å². The number of aryl methyl sites for hydroxylation is 1. The largest absolute Gasteiger partial charge is 0.498 e. The smallest absolute Gasteiger partial charge is 0.322 e. The minimum absolute atomic E-state index is 0.208. The Labute approximate surface area is 247 Å². The number of thiol groups is 1. The van der Waals surface area contributed by atoms with E-state index < -0.39 is 39.1 Å². The fraction of sp³-hybridized carbons (Fsp3) is 0.290. The molecule has 4 rings (SSSR count). The van der Waals surface area contributed by atoms with E-state index in [0.717, 1.165) is 11.1 Å². The van der Waals surface area contributed by atoms with Crippen LogP contribution in [-0.4, -0.2) is 61.5 Å². The molecule has 0 saturated carbocycles. The third-order valence-corrected chi connectivity index (χ3v) is 9.39. The summed E-state index contributed by atoms with van der Waals surface area (Å²) in [6.07, 6.45) is 4.30. The molecule has 41 heavy (non-hydrogen) atoms. The lowest BCUT2D eigenvalue weighted by Crippen LogP contribution is -2.55. The summed E-state index contributed by atoms with van der Waals surface area (Å²) in [6.45, 7) is 0.718. The Morgan fingerprint density at radius 2 is 1.49 bits per heavy atom. The summed E-state index contributed by atoms with van der Waals surface area (Å²) in [6, 6.07) is 25.5. The maximum absolute atomic E-state index is 13.8. The standard InChI is InChI=1S/C31H35N3O5S2/c35-30(28(22-25-12-6-2-7-13-25)33-31(36)34-18-20-39-21-19-34)32-27(17-16-24-10-4-1-5-11-24)29(40)23-41(37,38)26-14-8-3-9-15-26/h1-15,18,20,27-29,40H,16-17,19,21-23H2,(H,32,35)(H,33,36)/t27-,28-,29+/m0/s1. The van der Waals surface area contributed by atoms with E-state index in [1.807, 2.05) is 60.7 Å². The van der Waals surface area contributed by atoms with Crippen molar-refractivity contribution >= 4 is 34.4 Å². The zero-order valence-corrected chi connectivity index (χ0v) is 24.3. The van der Waals surface area contributed by atoms with Gasteiger partial charge in [0.1, 0.15) is 12.6 Å². The van der Waals surface area contributed by atoms with E-state index >= 15 is 0 Å². The molecule has 3 aromatic carbocycles. The summed E-state index contributed by atoms with van der Waals surface area (Å²) in [5.74, 6) is -0.664. The van der Waals surface area contributed by atoms with Gasteiger partial charge in [-0.3, -0.25) is 9.69 Å². The summed E-state index contributed by atoms with van der Waals surface area (Å²) >= 11 is 4.70. The number of carbonyl (C=O) groups is 2. The van der Waals surface area contributed by atoms with Gasteiger partial charge in [0, 0.05) is 23.9 Å². The van der Waals surface area contributed by atoms with Crippen molar-refractivity contribution in [1.82, 2.24) is 15.5 Å². The normalized spacial score (nSPS) is 15.3. The molecule has 1 aliphatic rings. The topological polar surface area (TPSA) is 105 Å². The van der Waals surface area contributed by atoms with Gasteiger partial charge in [0.25, 0.3) is 0 Å². The number of benzene rings is 3. The van der Waals surface area contributed by atoms with Crippen molar-refractivity contribution < 1.29 is 22.7 Å². The molecule has 1 heterocycles. The number of hydrogen-bond acceptors (Lipinski definition) is 6. The van der Waals surface area contributed by atoms with Crippen molar-refractivity contribution in [2.75, 3.05) is 18.9 Å². The van der Waals surface area contributed by atoms with Gasteiger partial charge < -0.3 is 15.4 Å². The number of rotatable bonds is 12. The molecule has 3 aromatic rings. The van der Waals surface area contributed by atoms with Gasteiger partial charge in [-0.15, -0.1) is 0 Å². The maximum atomic E-state index is 13.8.